The van der Waals surface area contributed by atoms with Gasteiger partial charge in [-0.25, -0.2) is 9.78 Å². The lowest BCUT2D eigenvalue weighted by atomic mass is 10.3. The van der Waals surface area contributed by atoms with Crippen LogP contribution in [0, 0.1) is 0 Å². The summed E-state index contributed by atoms with van der Waals surface area (Å²) in [7, 11) is 1.27. The Kier molecular flexibility index (Phi) is 4.46. The van der Waals surface area contributed by atoms with Crippen molar-refractivity contribution in [1.82, 2.24) is 4.98 Å². The number of nitrogens with zero attached hydrogens (tertiary/aromatic N) is 1. The third kappa shape index (κ3) is 3.20. The highest BCUT2D eigenvalue weighted by Gasteiger charge is 2.13. The van der Waals surface area contributed by atoms with Crippen molar-refractivity contribution in [2.45, 2.75) is 0 Å². The summed E-state index contributed by atoms with van der Waals surface area (Å²) in [4.78, 5) is 15.4. The fraction of sp³-hybridized carbons (Fsp3) is 0.0769. The van der Waals surface area contributed by atoms with E-state index in [1.54, 1.807) is 18.2 Å². The molecule has 0 spiro atoms. The first-order chi connectivity index (χ1) is 9.51. The number of anilines is 1. The van der Waals surface area contributed by atoms with Gasteiger partial charge in [0.1, 0.15) is 5.75 Å². The predicted molar refractivity (Wildman–Crippen MR) is 79.2 cm³/mol. The molecular weight excluding hydrogens is 348 g/mol. The van der Waals surface area contributed by atoms with Gasteiger partial charge in [-0.15, -0.1) is 0 Å². The number of carbonyl (C=O) groups is 1. The predicted octanol–water partition coefficient (Wildman–Crippen LogP) is 3.66. The standard InChI is InChI=1S/C13H10BrClN2O3/c1-19-13(18)10-4-3-9(16)12(17-10)20-11-5-2-7(14)6-8(11)15/h2-6H,16H2,1H3. The topological polar surface area (TPSA) is 74.4 Å². The average Bonchev–Trinajstić information content (AvgIpc) is 2.43. The molecule has 0 amide bonds. The smallest absolute Gasteiger partial charge is 0.356 e. The van der Waals surface area contributed by atoms with Gasteiger partial charge in [-0.05, 0) is 30.3 Å². The molecule has 2 aromatic rings. The minimum Gasteiger partial charge on any atom is -0.464 e. The Bertz CT molecular complexity index is 664. The molecule has 0 aliphatic rings. The molecule has 0 fully saturated rings. The van der Waals surface area contributed by atoms with Crippen molar-refractivity contribution in [3.05, 3.63) is 45.5 Å². The molecular formula is C13H10BrClN2O3. The molecule has 0 atom stereocenters. The molecule has 0 aliphatic heterocycles. The van der Waals surface area contributed by atoms with E-state index in [9.17, 15) is 4.79 Å². The van der Waals surface area contributed by atoms with E-state index in [4.69, 9.17) is 22.1 Å². The maximum Gasteiger partial charge on any atom is 0.356 e. The van der Waals surface area contributed by atoms with Gasteiger partial charge in [0.25, 0.3) is 0 Å². The Morgan fingerprint density at radius 2 is 2.10 bits per heavy atom. The maximum absolute atomic E-state index is 11.4. The summed E-state index contributed by atoms with van der Waals surface area (Å²) < 4.78 is 10.9. The van der Waals surface area contributed by atoms with Crippen molar-refractivity contribution >= 4 is 39.2 Å². The second-order valence-corrected chi connectivity index (χ2v) is 5.08. The summed E-state index contributed by atoms with van der Waals surface area (Å²) in [6, 6.07) is 8.08. The zero-order chi connectivity index (χ0) is 14.7. The van der Waals surface area contributed by atoms with Crippen LogP contribution in [0.5, 0.6) is 11.6 Å². The van der Waals surface area contributed by atoms with E-state index in [0.29, 0.717) is 10.8 Å². The van der Waals surface area contributed by atoms with Crippen molar-refractivity contribution in [3.63, 3.8) is 0 Å². The van der Waals surface area contributed by atoms with Crippen LogP contribution < -0.4 is 10.5 Å². The number of ether oxygens (including phenoxy) is 2. The summed E-state index contributed by atoms with van der Waals surface area (Å²) in [6.07, 6.45) is 0. The highest BCUT2D eigenvalue weighted by molar-refractivity contribution is 9.10. The van der Waals surface area contributed by atoms with Gasteiger partial charge >= 0.3 is 5.97 Å². The molecule has 104 valence electrons. The van der Waals surface area contributed by atoms with Crippen molar-refractivity contribution in [1.29, 1.82) is 0 Å². The van der Waals surface area contributed by atoms with Crippen LogP contribution >= 0.6 is 27.5 Å². The molecule has 2 N–H and O–H groups in total. The highest BCUT2D eigenvalue weighted by atomic mass is 79.9. The first-order valence-corrected chi connectivity index (χ1v) is 6.66. The number of hydrogen-bond acceptors (Lipinski definition) is 5. The van der Waals surface area contributed by atoms with Crippen LogP contribution in [-0.4, -0.2) is 18.1 Å². The number of rotatable bonds is 3. The van der Waals surface area contributed by atoms with Gasteiger partial charge in [0.2, 0.25) is 5.88 Å². The Hall–Kier alpha value is -1.79. The summed E-state index contributed by atoms with van der Waals surface area (Å²) in [5.41, 5.74) is 6.16. The fourth-order valence-corrected chi connectivity index (χ4v) is 2.13. The zero-order valence-electron chi connectivity index (χ0n) is 10.4. The molecule has 0 bridgehead atoms. The number of esters is 1. The number of pyridine rings is 1. The van der Waals surface area contributed by atoms with Crippen molar-refractivity contribution in [2.75, 3.05) is 12.8 Å². The molecule has 2 rings (SSSR count). The molecule has 1 aromatic carbocycles. The van der Waals surface area contributed by atoms with E-state index < -0.39 is 5.97 Å². The quantitative estimate of drug-likeness (QED) is 0.849. The molecule has 0 aliphatic carbocycles. The Labute approximate surface area is 128 Å². The van der Waals surface area contributed by atoms with Crippen LogP contribution in [0.2, 0.25) is 5.02 Å². The number of hydrogen-bond donors (Lipinski definition) is 1. The molecule has 0 radical (unpaired) electrons. The number of halogens is 2. The number of nitrogen functional groups attached to an aromatic ring is 1. The fourth-order valence-electron chi connectivity index (χ4n) is 1.41. The van der Waals surface area contributed by atoms with Crippen LogP contribution in [0.4, 0.5) is 5.69 Å². The average molecular weight is 358 g/mol. The lowest BCUT2D eigenvalue weighted by Gasteiger charge is -2.10. The highest BCUT2D eigenvalue weighted by Crippen LogP contribution is 2.33. The van der Waals surface area contributed by atoms with E-state index in [0.717, 1.165) is 4.47 Å². The van der Waals surface area contributed by atoms with E-state index in [1.807, 2.05) is 0 Å². The maximum atomic E-state index is 11.4. The second-order valence-electron chi connectivity index (χ2n) is 3.76. The van der Waals surface area contributed by atoms with Gasteiger partial charge in [0, 0.05) is 4.47 Å². The molecule has 5 nitrogen and oxygen atoms in total. The second kappa shape index (κ2) is 6.11. The van der Waals surface area contributed by atoms with Gasteiger partial charge in [-0.3, -0.25) is 0 Å². The molecule has 1 aromatic heterocycles. The number of methoxy groups -OCH3 is 1. The van der Waals surface area contributed by atoms with Gasteiger partial charge in [-0.2, -0.15) is 0 Å². The van der Waals surface area contributed by atoms with Crippen molar-refractivity contribution in [3.8, 4) is 11.6 Å². The van der Waals surface area contributed by atoms with Gasteiger partial charge < -0.3 is 15.2 Å². The largest absolute Gasteiger partial charge is 0.464 e. The molecule has 20 heavy (non-hydrogen) atoms. The molecule has 0 unspecified atom stereocenters. The third-order valence-corrected chi connectivity index (χ3v) is 3.17. The minimum absolute atomic E-state index is 0.0946. The van der Waals surface area contributed by atoms with Crippen LogP contribution in [0.3, 0.4) is 0 Å². The van der Waals surface area contributed by atoms with Crippen LogP contribution in [-0.2, 0) is 4.74 Å². The summed E-state index contributed by atoms with van der Waals surface area (Å²) in [5.74, 6) is -0.0926. The zero-order valence-corrected chi connectivity index (χ0v) is 12.7. The van der Waals surface area contributed by atoms with E-state index >= 15 is 0 Å². The van der Waals surface area contributed by atoms with E-state index in [1.165, 1.54) is 19.2 Å². The SMILES string of the molecule is COC(=O)c1ccc(N)c(Oc2ccc(Br)cc2Cl)n1. The van der Waals surface area contributed by atoms with Gasteiger partial charge in [0.15, 0.2) is 5.69 Å². The third-order valence-electron chi connectivity index (χ3n) is 2.38. The summed E-state index contributed by atoms with van der Waals surface area (Å²) in [6.45, 7) is 0. The van der Waals surface area contributed by atoms with Gasteiger partial charge in [-0.1, -0.05) is 27.5 Å². The summed E-state index contributed by atoms with van der Waals surface area (Å²) >= 11 is 9.34. The number of carbonyl (C=O) groups excluding carboxylic acids is 1. The van der Waals surface area contributed by atoms with Crippen molar-refractivity contribution < 1.29 is 14.3 Å². The Balaban J connectivity index is 2.35. The molecule has 1 heterocycles. The first kappa shape index (κ1) is 14.6. The van der Waals surface area contributed by atoms with Crippen LogP contribution in [0.15, 0.2) is 34.8 Å². The minimum atomic E-state index is -0.572. The van der Waals surface area contributed by atoms with E-state index in [-0.39, 0.29) is 17.3 Å². The summed E-state index contributed by atoms with van der Waals surface area (Å²) in [5, 5.41) is 0.393. The lowest BCUT2D eigenvalue weighted by Crippen LogP contribution is -2.06. The Morgan fingerprint density at radius 3 is 2.75 bits per heavy atom. The normalized spacial score (nSPS) is 10.2. The lowest BCUT2D eigenvalue weighted by molar-refractivity contribution is 0.0593. The van der Waals surface area contributed by atoms with Crippen molar-refractivity contribution in [2.24, 2.45) is 0 Å². The van der Waals surface area contributed by atoms with Crippen LogP contribution in [0.1, 0.15) is 10.5 Å². The van der Waals surface area contributed by atoms with Crippen LogP contribution in [0.25, 0.3) is 0 Å². The van der Waals surface area contributed by atoms with Gasteiger partial charge in [0.05, 0.1) is 17.8 Å². The monoisotopic (exact) mass is 356 g/mol. The first-order valence-electron chi connectivity index (χ1n) is 5.49. The molecule has 7 heteroatoms. The number of nitrogens with two attached hydrogens (primary N) is 1. The number of aromatic nitrogens is 1. The Morgan fingerprint density at radius 1 is 1.35 bits per heavy atom. The van der Waals surface area contributed by atoms with E-state index in [2.05, 4.69) is 25.7 Å². The number of benzene rings is 1. The molecule has 0 saturated heterocycles. The molecule has 0 saturated carbocycles.